The van der Waals surface area contributed by atoms with Crippen molar-refractivity contribution < 1.29 is 13.9 Å². The third kappa shape index (κ3) is 3.76. The van der Waals surface area contributed by atoms with Crippen LogP contribution in [-0.2, 0) is 6.61 Å². The molecule has 0 N–H and O–H groups in total. The fraction of sp³-hybridized carbons (Fsp3) is 0.0556. The van der Waals surface area contributed by atoms with E-state index in [0.29, 0.717) is 40.2 Å². The van der Waals surface area contributed by atoms with Gasteiger partial charge in [-0.15, -0.1) is 0 Å². The maximum absolute atomic E-state index is 10.6. The molecule has 3 rings (SSSR count). The van der Waals surface area contributed by atoms with E-state index in [1.165, 1.54) is 0 Å². The summed E-state index contributed by atoms with van der Waals surface area (Å²) in [6.07, 6.45) is 0.677. The molecular formula is C18H12Cl2O3. The van der Waals surface area contributed by atoms with Gasteiger partial charge in [0, 0.05) is 21.2 Å². The van der Waals surface area contributed by atoms with Crippen LogP contribution in [0, 0.1) is 0 Å². The van der Waals surface area contributed by atoms with Gasteiger partial charge in [0.2, 0.25) is 0 Å². The Morgan fingerprint density at radius 2 is 1.78 bits per heavy atom. The Labute approximate surface area is 143 Å². The molecule has 0 saturated carbocycles. The quantitative estimate of drug-likeness (QED) is 0.560. The standard InChI is InChI=1S/C18H12Cl2O3/c19-14-4-1-13(17(20)9-14)11-22-15-5-2-12(3-6-15)18-8-7-16(10-21)23-18/h1-10H,11H2. The minimum Gasteiger partial charge on any atom is -0.489 e. The Bertz CT molecular complexity index is 823. The predicted octanol–water partition coefficient (Wildman–Crippen LogP) is 5.64. The summed E-state index contributed by atoms with van der Waals surface area (Å²) in [6, 6.07) is 16.1. The molecule has 0 atom stereocenters. The van der Waals surface area contributed by atoms with Gasteiger partial charge >= 0.3 is 0 Å². The first-order chi connectivity index (χ1) is 11.2. The van der Waals surface area contributed by atoms with Gasteiger partial charge in [0.1, 0.15) is 18.1 Å². The van der Waals surface area contributed by atoms with E-state index in [1.807, 2.05) is 30.3 Å². The van der Waals surface area contributed by atoms with E-state index in [4.69, 9.17) is 32.4 Å². The molecule has 0 saturated heterocycles. The van der Waals surface area contributed by atoms with Gasteiger partial charge in [-0.25, -0.2) is 0 Å². The van der Waals surface area contributed by atoms with Gasteiger partial charge < -0.3 is 9.15 Å². The zero-order valence-corrected chi connectivity index (χ0v) is 13.5. The maximum Gasteiger partial charge on any atom is 0.185 e. The lowest BCUT2D eigenvalue weighted by Crippen LogP contribution is -1.96. The van der Waals surface area contributed by atoms with Crippen molar-refractivity contribution in [1.29, 1.82) is 0 Å². The zero-order chi connectivity index (χ0) is 16.2. The van der Waals surface area contributed by atoms with Crippen molar-refractivity contribution in [2.75, 3.05) is 0 Å². The van der Waals surface area contributed by atoms with Crippen LogP contribution >= 0.6 is 23.2 Å². The van der Waals surface area contributed by atoms with E-state index in [9.17, 15) is 4.79 Å². The monoisotopic (exact) mass is 346 g/mol. The van der Waals surface area contributed by atoms with Gasteiger partial charge in [-0.2, -0.15) is 0 Å². The Hall–Kier alpha value is -2.23. The average molecular weight is 347 g/mol. The number of halogens is 2. The predicted molar refractivity (Wildman–Crippen MR) is 90.3 cm³/mol. The number of aldehydes is 1. The Morgan fingerprint density at radius 1 is 1.00 bits per heavy atom. The molecule has 0 aliphatic carbocycles. The molecule has 3 aromatic rings. The first kappa shape index (κ1) is 15.7. The summed E-state index contributed by atoms with van der Waals surface area (Å²) in [5.74, 6) is 1.65. The Balaban J connectivity index is 1.68. The number of carbonyl (C=O) groups excluding carboxylic acids is 1. The van der Waals surface area contributed by atoms with Gasteiger partial charge in [-0.05, 0) is 48.5 Å². The van der Waals surface area contributed by atoms with E-state index >= 15 is 0 Å². The van der Waals surface area contributed by atoms with Crippen molar-refractivity contribution in [1.82, 2.24) is 0 Å². The van der Waals surface area contributed by atoms with Crippen LogP contribution < -0.4 is 4.74 Å². The number of benzene rings is 2. The molecule has 3 nitrogen and oxygen atoms in total. The van der Waals surface area contributed by atoms with Crippen molar-refractivity contribution in [3.8, 4) is 17.1 Å². The van der Waals surface area contributed by atoms with Crippen molar-refractivity contribution >= 4 is 29.5 Å². The third-order valence-electron chi connectivity index (χ3n) is 3.29. The number of hydrogen-bond donors (Lipinski definition) is 0. The number of carbonyl (C=O) groups is 1. The first-order valence-electron chi connectivity index (χ1n) is 6.88. The van der Waals surface area contributed by atoms with Crippen LogP contribution in [0.5, 0.6) is 5.75 Å². The molecule has 0 amide bonds. The topological polar surface area (TPSA) is 39.4 Å². The highest BCUT2D eigenvalue weighted by atomic mass is 35.5. The van der Waals surface area contributed by atoms with Crippen LogP contribution in [0.25, 0.3) is 11.3 Å². The van der Waals surface area contributed by atoms with Crippen LogP contribution in [0.2, 0.25) is 10.0 Å². The summed E-state index contributed by atoms with van der Waals surface area (Å²) in [4.78, 5) is 10.6. The number of furan rings is 1. The average Bonchev–Trinajstić information content (AvgIpc) is 3.04. The van der Waals surface area contributed by atoms with Crippen LogP contribution in [0.1, 0.15) is 16.1 Å². The lowest BCUT2D eigenvalue weighted by Gasteiger charge is -2.08. The summed E-state index contributed by atoms with van der Waals surface area (Å²) in [5, 5.41) is 1.17. The molecule has 0 aliphatic rings. The van der Waals surface area contributed by atoms with Crippen LogP contribution in [0.3, 0.4) is 0 Å². The summed E-state index contributed by atoms with van der Waals surface area (Å²) >= 11 is 12.0. The molecule has 5 heteroatoms. The molecule has 1 aromatic heterocycles. The van der Waals surface area contributed by atoms with E-state index in [-0.39, 0.29) is 0 Å². The van der Waals surface area contributed by atoms with Gasteiger partial charge in [0.15, 0.2) is 12.0 Å². The number of hydrogen-bond acceptors (Lipinski definition) is 3. The highest BCUT2D eigenvalue weighted by Crippen LogP contribution is 2.26. The molecule has 2 aromatic carbocycles. The fourth-order valence-corrected chi connectivity index (χ4v) is 2.55. The first-order valence-corrected chi connectivity index (χ1v) is 7.63. The van der Waals surface area contributed by atoms with E-state index in [1.54, 1.807) is 24.3 Å². The van der Waals surface area contributed by atoms with Crippen molar-refractivity contribution in [3.05, 3.63) is 76.0 Å². The summed E-state index contributed by atoms with van der Waals surface area (Å²) in [6.45, 7) is 0.353. The zero-order valence-electron chi connectivity index (χ0n) is 12.0. The maximum atomic E-state index is 10.6. The van der Waals surface area contributed by atoms with Crippen molar-refractivity contribution in [2.45, 2.75) is 6.61 Å². The molecule has 0 unspecified atom stereocenters. The van der Waals surface area contributed by atoms with Gasteiger partial charge in [-0.3, -0.25) is 4.79 Å². The molecule has 0 bridgehead atoms. The molecule has 23 heavy (non-hydrogen) atoms. The fourth-order valence-electron chi connectivity index (χ4n) is 2.09. The number of ether oxygens (including phenoxy) is 1. The molecule has 0 fully saturated rings. The molecule has 0 aliphatic heterocycles. The summed E-state index contributed by atoms with van der Waals surface area (Å²) in [7, 11) is 0. The normalized spacial score (nSPS) is 10.5. The Kier molecular flexibility index (Phi) is 4.70. The summed E-state index contributed by atoms with van der Waals surface area (Å²) in [5.41, 5.74) is 1.73. The second kappa shape index (κ2) is 6.90. The molecule has 116 valence electrons. The summed E-state index contributed by atoms with van der Waals surface area (Å²) < 4.78 is 11.1. The second-order valence-corrected chi connectivity index (χ2v) is 5.71. The smallest absolute Gasteiger partial charge is 0.185 e. The molecule has 0 spiro atoms. The van der Waals surface area contributed by atoms with E-state index < -0.39 is 0 Å². The lowest BCUT2D eigenvalue weighted by atomic mass is 10.1. The third-order valence-corrected chi connectivity index (χ3v) is 3.88. The van der Waals surface area contributed by atoms with E-state index in [2.05, 4.69) is 0 Å². The number of rotatable bonds is 5. The molecular weight excluding hydrogens is 335 g/mol. The lowest BCUT2D eigenvalue weighted by molar-refractivity contribution is 0.110. The Morgan fingerprint density at radius 3 is 2.43 bits per heavy atom. The van der Waals surface area contributed by atoms with Crippen LogP contribution in [-0.4, -0.2) is 6.29 Å². The van der Waals surface area contributed by atoms with Crippen molar-refractivity contribution in [2.24, 2.45) is 0 Å². The minimum atomic E-state index is 0.303. The largest absolute Gasteiger partial charge is 0.489 e. The van der Waals surface area contributed by atoms with Crippen LogP contribution in [0.15, 0.2) is 59.0 Å². The highest BCUT2D eigenvalue weighted by Gasteiger charge is 2.06. The minimum absolute atomic E-state index is 0.303. The molecule has 0 radical (unpaired) electrons. The van der Waals surface area contributed by atoms with Crippen molar-refractivity contribution in [3.63, 3.8) is 0 Å². The van der Waals surface area contributed by atoms with Gasteiger partial charge in [-0.1, -0.05) is 29.3 Å². The SMILES string of the molecule is O=Cc1ccc(-c2ccc(OCc3ccc(Cl)cc3Cl)cc2)o1. The van der Waals surface area contributed by atoms with Crippen LogP contribution in [0.4, 0.5) is 0 Å². The van der Waals surface area contributed by atoms with Gasteiger partial charge in [0.25, 0.3) is 0 Å². The second-order valence-electron chi connectivity index (χ2n) is 4.87. The highest BCUT2D eigenvalue weighted by molar-refractivity contribution is 6.35. The van der Waals surface area contributed by atoms with E-state index in [0.717, 1.165) is 11.1 Å². The van der Waals surface area contributed by atoms with Gasteiger partial charge in [0.05, 0.1) is 0 Å². The molecule has 1 heterocycles.